The highest BCUT2D eigenvalue weighted by Crippen LogP contribution is 2.40. The van der Waals surface area contributed by atoms with Crippen LogP contribution in [-0.4, -0.2) is 50.8 Å². The summed E-state index contributed by atoms with van der Waals surface area (Å²) in [5.74, 6) is 3.47. The van der Waals surface area contributed by atoms with E-state index in [1.807, 2.05) is 42.7 Å². The normalized spacial score (nSPS) is 14.0. The number of imidazole rings is 2. The number of hydrogen-bond donors (Lipinski definition) is 3. The second kappa shape index (κ2) is 10.7. The molecule has 0 amide bonds. The number of benzene rings is 2. The zero-order chi connectivity index (χ0) is 26.8. The molecule has 3 aromatic heterocycles. The first-order valence-electron chi connectivity index (χ1n) is 13.2. The second-order valence-corrected chi connectivity index (χ2v) is 9.60. The van der Waals surface area contributed by atoms with E-state index in [0.29, 0.717) is 47.3 Å². The lowest BCUT2D eigenvalue weighted by Crippen LogP contribution is -2.13. The van der Waals surface area contributed by atoms with Gasteiger partial charge in [0.15, 0.2) is 28.5 Å². The number of fused-ring (bicyclic) bond motifs is 2. The van der Waals surface area contributed by atoms with Crippen LogP contribution in [0.3, 0.4) is 0 Å². The van der Waals surface area contributed by atoms with E-state index < -0.39 is 0 Å². The molecular weight excluding hydrogens is 496 g/mol. The molecule has 1 saturated carbocycles. The van der Waals surface area contributed by atoms with Crippen LogP contribution in [0.15, 0.2) is 42.7 Å². The zero-order valence-corrected chi connectivity index (χ0v) is 22.3. The summed E-state index contributed by atoms with van der Waals surface area (Å²) in [5, 5.41) is 6.78. The summed E-state index contributed by atoms with van der Waals surface area (Å²) in [6.07, 6.45) is 7.83. The molecule has 3 heterocycles. The molecule has 11 nitrogen and oxygen atoms in total. The molecule has 5 aromatic rings. The lowest BCUT2D eigenvalue weighted by molar-refractivity contribution is 0.324. The van der Waals surface area contributed by atoms with Crippen molar-refractivity contribution in [3.8, 4) is 17.2 Å². The van der Waals surface area contributed by atoms with Gasteiger partial charge in [0.1, 0.15) is 5.82 Å². The number of hydrogen-bond acceptors (Lipinski definition) is 9. The molecular formula is C28H32N8O3. The van der Waals surface area contributed by atoms with Crippen molar-refractivity contribution < 1.29 is 14.2 Å². The largest absolute Gasteiger partial charge is 0.493 e. The number of anilines is 3. The van der Waals surface area contributed by atoms with Crippen LogP contribution in [0.4, 0.5) is 17.5 Å². The average molecular weight is 529 g/mol. The monoisotopic (exact) mass is 528 g/mol. The minimum Gasteiger partial charge on any atom is -0.493 e. The van der Waals surface area contributed by atoms with E-state index in [4.69, 9.17) is 29.2 Å². The van der Waals surface area contributed by atoms with E-state index in [0.717, 1.165) is 40.9 Å². The van der Waals surface area contributed by atoms with Crippen molar-refractivity contribution in [2.45, 2.75) is 44.7 Å². The van der Waals surface area contributed by atoms with E-state index in [1.165, 1.54) is 19.3 Å². The summed E-state index contributed by atoms with van der Waals surface area (Å²) in [5.41, 5.74) is 4.14. The summed E-state index contributed by atoms with van der Waals surface area (Å²) in [7, 11) is 4.76. The van der Waals surface area contributed by atoms with Gasteiger partial charge in [-0.15, -0.1) is 0 Å². The van der Waals surface area contributed by atoms with E-state index in [2.05, 4.69) is 25.2 Å². The molecule has 0 radical (unpaired) electrons. The van der Waals surface area contributed by atoms with E-state index in [9.17, 15) is 0 Å². The lowest BCUT2D eigenvalue weighted by Gasteiger charge is -2.23. The molecule has 2 aromatic carbocycles. The average Bonchev–Trinajstić information content (AvgIpc) is 3.60. The van der Waals surface area contributed by atoms with Crippen molar-refractivity contribution in [3.05, 3.63) is 48.5 Å². The highest BCUT2D eigenvalue weighted by Gasteiger charge is 2.22. The molecule has 0 saturated heterocycles. The molecule has 1 fully saturated rings. The van der Waals surface area contributed by atoms with Gasteiger partial charge in [-0.1, -0.05) is 31.4 Å². The number of ether oxygens (including phenoxy) is 3. The Morgan fingerprint density at radius 3 is 2.44 bits per heavy atom. The maximum absolute atomic E-state index is 5.53. The molecule has 0 unspecified atom stereocenters. The Kier molecular flexibility index (Phi) is 6.78. The molecule has 3 N–H and O–H groups in total. The van der Waals surface area contributed by atoms with Gasteiger partial charge in [0, 0.05) is 23.9 Å². The van der Waals surface area contributed by atoms with Gasteiger partial charge >= 0.3 is 0 Å². The number of rotatable bonds is 9. The molecule has 202 valence electrons. The Balaban J connectivity index is 1.37. The molecule has 1 aliphatic carbocycles. The number of para-hydroxylation sites is 2. The maximum atomic E-state index is 5.53. The maximum Gasteiger partial charge on any atom is 0.231 e. The van der Waals surface area contributed by atoms with Crippen molar-refractivity contribution in [1.29, 1.82) is 0 Å². The van der Waals surface area contributed by atoms with E-state index >= 15 is 0 Å². The Morgan fingerprint density at radius 1 is 0.949 bits per heavy atom. The Hall–Kier alpha value is -4.54. The predicted molar refractivity (Wildman–Crippen MR) is 150 cm³/mol. The molecule has 11 heteroatoms. The van der Waals surface area contributed by atoms with Gasteiger partial charge in [-0.05, 0) is 25.0 Å². The molecule has 0 aliphatic heterocycles. The van der Waals surface area contributed by atoms with Crippen molar-refractivity contribution in [1.82, 2.24) is 29.5 Å². The molecule has 6 rings (SSSR count). The molecule has 0 bridgehead atoms. The summed E-state index contributed by atoms with van der Waals surface area (Å²) in [6.45, 7) is 0.459. The van der Waals surface area contributed by atoms with Crippen LogP contribution >= 0.6 is 0 Å². The number of aromatic nitrogens is 6. The number of nitrogens with zero attached hydrogens (tertiary/aromatic N) is 5. The SMILES string of the molecule is COc1cc(Nc2nc(NCc3nc4ccccc4[nH]3)c3ncn(C4CCCCC4)c3n2)cc(OC)c1OC. The molecule has 1 aliphatic rings. The van der Waals surface area contributed by atoms with Crippen molar-refractivity contribution in [2.24, 2.45) is 0 Å². The van der Waals surface area contributed by atoms with E-state index in [1.54, 1.807) is 21.3 Å². The lowest BCUT2D eigenvalue weighted by atomic mass is 9.95. The number of H-pyrrole nitrogens is 1. The number of methoxy groups -OCH3 is 3. The van der Waals surface area contributed by atoms with Gasteiger partial charge in [-0.2, -0.15) is 9.97 Å². The smallest absolute Gasteiger partial charge is 0.231 e. The summed E-state index contributed by atoms with van der Waals surface area (Å²) >= 11 is 0. The third-order valence-electron chi connectivity index (χ3n) is 7.17. The third kappa shape index (κ3) is 4.87. The quantitative estimate of drug-likeness (QED) is 0.225. The minimum atomic E-state index is 0.371. The zero-order valence-electron chi connectivity index (χ0n) is 22.3. The fourth-order valence-electron chi connectivity index (χ4n) is 5.26. The van der Waals surface area contributed by atoms with Crippen LogP contribution in [0.5, 0.6) is 17.2 Å². The number of nitrogens with one attached hydrogen (secondary N) is 3. The van der Waals surface area contributed by atoms with E-state index in [-0.39, 0.29) is 0 Å². The second-order valence-electron chi connectivity index (χ2n) is 9.60. The molecule has 39 heavy (non-hydrogen) atoms. The Labute approximate surface area is 225 Å². The topological polar surface area (TPSA) is 124 Å². The van der Waals surface area contributed by atoms with Gasteiger partial charge in [0.2, 0.25) is 11.7 Å². The standard InChI is InChI=1S/C28H32N8O3/c1-37-21-13-17(14-22(38-2)25(21)39-3)31-28-34-26(29-15-23-32-19-11-7-8-12-20(19)33-23)24-27(35-28)36(16-30-24)18-9-5-4-6-10-18/h7-8,11-14,16,18H,4-6,9-10,15H2,1-3H3,(H,32,33)(H2,29,31,34,35). The predicted octanol–water partition coefficient (Wildman–Crippen LogP) is 5.59. The Bertz CT molecular complexity index is 1550. The van der Waals surface area contributed by atoms with Crippen LogP contribution < -0.4 is 24.8 Å². The van der Waals surface area contributed by atoms with Gasteiger partial charge < -0.3 is 34.4 Å². The number of aromatic amines is 1. The fraction of sp³-hybridized carbons (Fsp3) is 0.357. The van der Waals surface area contributed by atoms with Gasteiger partial charge in [0.25, 0.3) is 0 Å². The van der Waals surface area contributed by atoms with Crippen LogP contribution in [0.2, 0.25) is 0 Å². The molecule has 0 atom stereocenters. The third-order valence-corrected chi connectivity index (χ3v) is 7.17. The van der Waals surface area contributed by atoms with Crippen molar-refractivity contribution in [3.63, 3.8) is 0 Å². The highest BCUT2D eigenvalue weighted by atomic mass is 16.5. The summed E-state index contributed by atoms with van der Waals surface area (Å²) in [6, 6.07) is 12.0. The van der Waals surface area contributed by atoms with Crippen LogP contribution in [0.25, 0.3) is 22.2 Å². The first kappa shape index (κ1) is 24.8. The van der Waals surface area contributed by atoms with Crippen molar-refractivity contribution in [2.75, 3.05) is 32.0 Å². The summed E-state index contributed by atoms with van der Waals surface area (Å²) in [4.78, 5) is 22.5. The fourth-order valence-corrected chi connectivity index (χ4v) is 5.26. The Morgan fingerprint density at radius 2 is 1.72 bits per heavy atom. The van der Waals surface area contributed by atoms with Crippen LogP contribution in [0.1, 0.15) is 44.0 Å². The first-order chi connectivity index (χ1) is 19.2. The van der Waals surface area contributed by atoms with Gasteiger partial charge in [0.05, 0.1) is 45.2 Å². The van der Waals surface area contributed by atoms with Gasteiger partial charge in [-0.25, -0.2) is 9.97 Å². The minimum absolute atomic E-state index is 0.371. The summed E-state index contributed by atoms with van der Waals surface area (Å²) < 4.78 is 18.7. The van der Waals surface area contributed by atoms with Gasteiger partial charge in [-0.3, -0.25) is 0 Å². The van der Waals surface area contributed by atoms with Crippen molar-refractivity contribution >= 4 is 39.7 Å². The van der Waals surface area contributed by atoms with Crippen LogP contribution in [-0.2, 0) is 6.54 Å². The highest BCUT2D eigenvalue weighted by molar-refractivity contribution is 5.85. The molecule has 0 spiro atoms. The van der Waals surface area contributed by atoms with Crippen LogP contribution in [0, 0.1) is 0 Å². The first-order valence-corrected chi connectivity index (χ1v) is 13.2.